The van der Waals surface area contributed by atoms with Crippen molar-refractivity contribution in [2.45, 2.75) is 6.42 Å². The zero-order valence-corrected chi connectivity index (χ0v) is 8.72. The van der Waals surface area contributed by atoms with Crippen LogP contribution < -0.4 is 5.73 Å². The minimum atomic E-state index is 0.522. The number of anilines is 1. The Labute approximate surface area is 94.2 Å². The van der Waals surface area contributed by atoms with Crippen LogP contribution in [0.1, 0.15) is 16.8 Å². The zero-order chi connectivity index (χ0) is 11.4. The lowest BCUT2D eigenvalue weighted by molar-refractivity contribution is 1.08. The van der Waals surface area contributed by atoms with Crippen molar-refractivity contribution >= 4 is 5.69 Å². The van der Waals surface area contributed by atoms with E-state index in [0.717, 1.165) is 11.3 Å². The first kappa shape index (κ1) is 10.2. The molecule has 1 aromatic carbocycles. The lowest BCUT2D eigenvalue weighted by Crippen LogP contribution is -1.99. The molecule has 0 saturated heterocycles. The van der Waals surface area contributed by atoms with Gasteiger partial charge in [0.1, 0.15) is 6.07 Å². The van der Waals surface area contributed by atoms with Crippen LogP contribution >= 0.6 is 0 Å². The highest BCUT2D eigenvalue weighted by molar-refractivity contribution is 5.59. The Morgan fingerprint density at radius 1 is 1.19 bits per heavy atom. The predicted molar refractivity (Wildman–Crippen MR) is 62.6 cm³/mol. The lowest BCUT2D eigenvalue weighted by atomic mass is 10.0. The molecule has 2 rings (SSSR count). The number of pyridine rings is 1. The van der Waals surface area contributed by atoms with Crippen molar-refractivity contribution in [2.24, 2.45) is 0 Å². The van der Waals surface area contributed by atoms with Crippen molar-refractivity contribution < 1.29 is 0 Å². The van der Waals surface area contributed by atoms with Crippen molar-refractivity contribution in [1.82, 2.24) is 4.98 Å². The third-order valence-corrected chi connectivity index (χ3v) is 2.41. The number of benzene rings is 1. The second-order valence-corrected chi connectivity index (χ2v) is 3.49. The van der Waals surface area contributed by atoms with Gasteiger partial charge in [0.2, 0.25) is 0 Å². The molecule has 2 N–H and O–H groups in total. The first-order valence-electron chi connectivity index (χ1n) is 4.98. The summed E-state index contributed by atoms with van der Waals surface area (Å²) in [6.45, 7) is 0. The molecule has 0 amide bonds. The van der Waals surface area contributed by atoms with Crippen LogP contribution in [0.5, 0.6) is 0 Å². The van der Waals surface area contributed by atoms with Crippen molar-refractivity contribution in [3.63, 3.8) is 0 Å². The van der Waals surface area contributed by atoms with Gasteiger partial charge in [-0.15, -0.1) is 0 Å². The Hall–Kier alpha value is -2.34. The molecule has 3 nitrogen and oxygen atoms in total. The van der Waals surface area contributed by atoms with Crippen LogP contribution in [-0.2, 0) is 6.42 Å². The number of para-hydroxylation sites is 1. The topological polar surface area (TPSA) is 62.7 Å². The van der Waals surface area contributed by atoms with Crippen molar-refractivity contribution in [2.75, 3.05) is 5.73 Å². The second-order valence-electron chi connectivity index (χ2n) is 3.49. The fourth-order valence-electron chi connectivity index (χ4n) is 1.56. The maximum Gasteiger partial charge on any atom is 0.101 e. The fraction of sp³-hybridized carbons (Fsp3) is 0.0769. The van der Waals surface area contributed by atoms with Gasteiger partial charge < -0.3 is 5.73 Å². The lowest BCUT2D eigenvalue weighted by Gasteiger charge is -2.06. The molecule has 1 heterocycles. The summed E-state index contributed by atoms with van der Waals surface area (Å²) in [6, 6.07) is 13.3. The van der Waals surface area contributed by atoms with Gasteiger partial charge in [0.15, 0.2) is 0 Å². The molecule has 0 aliphatic rings. The van der Waals surface area contributed by atoms with Gasteiger partial charge >= 0.3 is 0 Å². The number of nitrogens with zero attached hydrogens (tertiary/aromatic N) is 2. The molecule has 2 aromatic rings. The average Bonchev–Trinajstić information content (AvgIpc) is 2.33. The van der Waals surface area contributed by atoms with E-state index >= 15 is 0 Å². The molecule has 0 spiro atoms. The Balaban J connectivity index is 2.33. The number of nitrogens with two attached hydrogens (primary N) is 1. The smallest absolute Gasteiger partial charge is 0.101 e. The third-order valence-electron chi connectivity index (χ3n) is 2.41. The summed E-state index contributed by atoms with van der Waals surface area (Å²) >= 11 is 0. The van der Waals surface area contributed by atoms with E-state index in [1.165, 1.54) is 0 Å². The standard InChI is InChI=1S/C13H11N3/c14-9-11-5-3-4-10(13(11)15)8-12-6-1-2-7-16-12/h1-7H,8,15H2. The minimum Gasteiger partial charge on any atom is -0.397 e. The van der Waals surface area contributed by atoms with E-state index in [-0.39, 0.29) is 0 Å². The van der Waals surface area contributed by atoms with E-state index in [0.29, 0.717) is 17.7 Å². The van der Waals surface area contributed by atoms with E-state index in [1.807, 2.05) is 30.3 Å². The molecule has 0 atom stereocenters. The predicted octanol–water partition coefficient (Wildman–Crippen LogP) is 2.13. The summed E-state index contributed by atoms with van der Waals surface area (Å²) in [6.07, 6.45) is 2.40. The SMILES string of the molecule is N#Cc1cccc(Cc2ccccn2)c1N. The summed E-state index contributed by atoms with van der Waals surface area (Å²) in [5.74, 6) is 0. The number of aromatic nitrogens is 1. The third kappa shape index (κ3) is 2.01. The summed E-state index contributed by atoms with van der Waals surface area (Å²) in [5.41, 5.74) is 8.86. The number of nitriles is 1. The summed E-state index contributed by atoms with van der Waals surface area (Å²) < 4.78 is 0. The van der Waals surface area contributed by atoms with E-state index in [2.05, 4.69) is 11.1 Å². The van der Waals surface area contributed by atoms with Gasteiger partial charge in [-0.25, -0.2) is 0 Å². The molecule has 0 saturated carbocycles. The van der Waals surface area contributed by atoms with E-state index in [9.17, 15) is 0 Å². The minimum absolute atomic E-state index is 0.522. The molecular formula is C13H11N3. The Kier molecular flexibility index (Phi) is 2.84. The molecule has 0 aliphatic heterocycles. The van der Waals surface area contributed by atoms with Gasteiger partial charge in [-0.05, 0) is 23.8 Å². The molecular weight excluding hydrogens is 198 g/mol. The van der Waals surface area contributed by atoms with Gasteiger partial charge in [-0.3, -0.25) is 4.98 Å². The van der Waals surface area contributed by atoms with Crippen molar-refractivity contribution in [1.29, 1.82) is 5.26 Å². The number of hydrogen-bond donors (Lipinski definition) is 1. The van der Waals surface area contributed by atoms with Crippen molar-refractivity contribution in [3.8, 4) is 6.07 Å². The first-order chi connectivity index (χ1) is 7.81. The maximum atomic E-state index is 8.86. The van der Waals surface area contributed by atoms with Crippen molar-refractivity contribution in [3.05, 3.63) is 59.4 Å². The highest BCUT2D eigenvalue weighted by atomic mass is 14.7. The Bertz CT molecular complexity index is 527. The summed E-state index contributed by atoms with van der Waals surface area (Å²) in [5, 5.41) is 8.86. The number of nitrogen functional groups attached to an aromatic ring is 1. The van der Waals surface area contributed by atoms with E-state index in [4.69, 9.17) is 11.0 Å². The highest BCUT2D eigenvalue weighted by Gasteiger charge is 2.05. The molecule has 0 unspecified atom stereocenters. The van der Waals surface area contributed by atoms with Crippen LogP contribution in [-0.4, -0.2) is 4.98 Å². The van der Waals surface area contributed by atoms with Gasteiger partial charge in [0.25, 0.3) is 0 Å². The van der Waals surface area contributed by atoms with Gasteiger partial charge in [0, 0.05) is 18.3 Å². The van der Waals surface area contributed by atoms with Gasteiger partial charge in [-0.2, -0.15) is 5.26 Å². The van der Waals surface area contributed by atoms with Crippen LogP contribution in [0.4, 0.5) is 5.69 Å². The Morgan fingerprint density at radius 3 is 2.75 bits per heavy atom. The normalized spacial score (nSPS) is 9.69. The number of hydrogen-bond acceptors (Lipinski definition) is 3. The maximum absolute atomic E-state index is 8.86. The molecule has 78 valence electrons. The zero-order valence-electron chi connectivity index (χ0n) is 8.72. The summed E-state index contributed by atoms with van der Waals surface area (Å²) in [7, 11) is 0. The molecule has 3 heteroatoms. The molecule has 0 radical (unpaired) electrons. The quantitative estimate of drug-likeness (QED) is 0.770. The molecule has 1 aromatic heterocycles. The second kappa shape index (κ2) is 4.45. The Morgan fingerprint density at radius 2 is 2.06 bits per heavy atom. The van der Waals surface area contributed by atoms with Crippen LogP contribution in [0.2, 0.25) is 0 Å². The number of rotatable bonds is 2. The van der Waals surface area contributed by atoms with Gasteiger partial charge in [-0.1, -0.05) is 18.2 Å². The van der Waals surface area contributed by atoms with Crippen LogP contribution in [0.25, 0.3) is 0 Å². The van der Waals surface area contributed by atoms with Gasteiger partial charge in [0.05, 0.1) is 11.3 Å². The highest BCUT2D eigenvalue weighted by Crippen LogP contribution is 2.19. The average molecular weight is 209 g/mol. The monoisotopic (exact) mass is 209 g/mol. The molecule has 0 bridgehead atoms. The molecule has 16 heavy (non-hydrogen) atoms. The first-order valence-corrected chi connectivity index (χ1v) is 4.98. The van der Waals surface area contributed by atoms with Crippen LogP contribution in [0.3, 0.4) is 0 Å². The largest absolute Gasteiger partial charge is 0.397 e. The van der Waals surface area contributed by atoms with E-state index in [1.54, 1.807) is 12.3 Å². The summed E-state index contributed by atoms with van der Waals surface area (Å²) in [4.78, 5) is 4.23. The molecule has 0 aliphatic carbocycles. The van der Waals surface area contributed by atoms with Crippen LogP contribution in [0, 0.1) is 11.3 Å². The molecule has 0 fully saturated rings. The fourth-order valence-corrected chi connectivity index (χ4v) is 1.56. The van der Waals surface area contributed by atoms with E-state index < -0.39 is 0 Å². The van der Waals surface area contributed by atoms with Crippen LogP contribution in [0.15, 0.2) is 42.6 Å².